The van der Waals surface area contributed by atoms with Gasteiger partial charge in [-0.1, -0.05) is 0 Å². The van der Waals surface area contributed by atoms with Gasteiger partial charge in [0.2, 0.25) is 5.92 Å². The van der Waals surface area contributed by atoms with Crippen molar-refractivity contribution >= 4 is 17.5 Å². The van der Waals surface area contributed by atoms with Crippen LogP contribution in [0.25, 0.3) is 0 Å². The lowest BCUT2D eigenvalue weighted by Gasteiger charge is -2.38. The minimum Gasteiger partial charge on any atom is -0.595 e. The van der Waals surface area contributed by atoms with Gasteiger partial charge in [0.05, 0.1) is 11.4 Å². The van der Waals surface area contributed by atoms with Gasteiger partial charge in [-0.3, -0.25) is 0 Å². The Bertz CT molecular complexity index is 421. The zero-order valence-electron chi connectivity index (χ0n) is 13.3. The van der Waals surface area contributed by atoms with Crippen molar-refractivity contribution in [3.8, 4) is 0 Å². The summed E-state index contributed by atoms with van der Waals surface area (Å²) in [7, 11) is 0. The molecular formula is C14H24F2N2O3S. The summed E-state index contributed by atoms with van der Waals surface area (Å²) in [5, 5.41) is 0. The zero-order chi connectivity index (χ0) is 16.6. The van der Waals surface area contributed by atoms with Crippen LogP contribution in [0.15, 0.2) is 0 Å². The molecule has 1 atom stereocenters. The molecule has 2 rings (SSSR count). The molecule has 1 N–H and O–H groups in total. The van der Waals surface area contributed by atoms with Crippen molar-refractivity contribution < 1.29 is 23.0 Å². The molecule has 1 aliphatic heterocycles. The first-order valence-electron chi connectivity index (χ1n) is 7.54. The van der Waals surface area contributed by atoms with Crippen LogP contribution in [0.3, 0.4) is 0 Å². The number of carbonyl (C=O) groups excluding carboxylic acids is 1. The molecule has 128 valence electrons. The van der Waals surface area contributed by atoms with Crippen LogP contribution in [0.5, 0.6) is 0 Å². The maximum Gasteiger partial charge on any atom is 0.432 e. The van der Waals surface area contributed by atoms with Gasteiger partial charge in [-0.2, -0.15) is 0 Å². The lowest BCUT2D eigenvalue weighted by molar-refractivity contribution is -0.0138. The molecule has 1 saturated heterocycles. The standard InChI is InChI=1S/C14H24F2N2O3S/c1-12(2,3)22(20)17-21-11(19)18-8-6-13(7-9-18)4-5-14(15,16)10-13/h17H,4-10H2,1-3H3. The van der Waals surface area contributed by atoms with Crippen LogP contribution in [-0.4, -0.2) is 39.3 Å². The first-order valence-corrected chi connectivity index (χ1v) is 8.69. The van der Waals surface area contributed by atoms with Gasteiger partial charge >= 0.3 is 6.09 Å². The Kier molecular flexibility index (Phi) is 4.94. The molecule has 2 aliphatic rings. The number of nitrogens with zero attached hydrogens (tertiary/aromatic N) is 1. The maximum atomic E-state index is 13.4. The Labute approximate surface area is 133 Å². The number of hydrogen-bond acceptors (Lipinski definition) is 4. The van der Waals surface area contributed by atoms with Gasteiger partial charge in [-0.25, -0.2) is 13.6 Å². The Morgan fingerprint density at radius 2 is 1.82 bits per heavy atom. The third kappa shape index (κ3) is 4.23. The second-order valence-corrected chi connectivity index (χ2v) is 9.28. The van der Waals surface area contributed by atoms with Crippen molar-refractivity contribution in [3.05, 3.63) is 0 Å². The summed E-state index contributed by atoms with van der Waals surface area (Å²) in [6, 6.07) is 0. The van der Waals surface area contributed by atoms with Crippen LogP contribution in [-0.2, 0) is 16.2 Å². The molecule has 0 radical (unpaired) electrons. The van der Waals surface area contributed by atoms with E-state index in [1.807, 2.05) is 0 Å². The highest BCUT2D eigenvalue weighted by Gasteiger charge is 2.50. The summed E-state index contributed by atoms with van der Waals surface area (Å²) >= 11 is -1.50. The highest BCUT2D eigenvalue weighted by molar-refractivity contribution is 7.90. The normalized spacial score (nSPS) is 25.3. The Morgan fingerprint density at radius 3 is 2.27 bits per heavy atom. The summed E-state index contributed by atoms with van der Waals surface area (Å²) in [6.45, 7) is 6.08. The molecule has 0 aromatic carbocycles. The number of alkyl halides is 2. The van der Waals surface area contributed by atoms with Crippen molar-refractivity contribution in [2.45, 2.75) is 63.5 Å². The monoisotopic (exact) mass is 338 g/mol. The number of nitrogens with one attached hydrogen (secondary N) is 1. The quantitative estimate of drug-likeness (QED) is 0.621. The fraction of sp³-hybridized carbons (Fsp3) is 0.929. The van der Waals surface area contributed by atoms with E-state index in [1.165, 1.54) is 4.90 Å². The molecule has 1 unspecified atom stereocenters. The van der Waals surface area contributed by atoms with Crippen molar-refractivity contribution in [2.75, 3.05) is 13.1 Å². The average Bonchev–Trinajstić information content (AvgIpc) is 2.70. The van der Waals surface area contributed by atoms with Gasteiger partial charge in [0.25, 0.3) is 0 Å². The number of halogens is 2. The number of likely N-dealkylation sites (tertiary alicyclic amines) is 1. The van der Waals surface area contributed by atoms with Gasteiger partial charge < -0.3 is 14.3 Å². The molecule has 1 spiro atoms. The van der Waals surface area contributed by atoms with Crippen molar-refractivity contribution in [2.24, 2.45) is 5.41 Å². The highest BCUT2D eigenvalue weighted by Crippen LogP contribution is 2.52. The van der Waals surface area contributed by atoms with E-state index in [2.05, 4.69) is 4.89 Å². The Hall–Kier alpha value is -0.600. The van der Waals surface area contributed by atoms with E-state index in [4.69, 9.17) is 4.84 Å². The summed E-state index contributed by atoms with van der Waals surface area (Å²) < 4.78 is 38.0. The number of carbonyl (C=O) groups is 1. The number of amides is 1. The molecule has 0 aromatic heterocycles. The number of hydrogen-bond donors (Lipinski definition) is 1. The van der Waals surface area contributed by atoms with Crippen LogP contribution in [0.1, 0.15) is 52.9 Å². The fourth-order valence-corrected chi connectivity index (χ4v) is 3.42. The molecule has 1 aliphatic carbocycles. The maximum absolute atomic E-state index is 13.4. The number of rotatable bonds is 2. The molecule has 1 heterocycles. The third-order valence-corrected chi connectivity index (χ3v) is 5.84. The van der Waals surface area contributed by atoms with Crippen LogP contribution < -0.4 is 4.89 Å². The largest absolute Gasteiger partial charge is 0.595 e. The van der Waals surface area contributed by atoms with Gasteiger partial charge in [-0.05, 0) is 45.4 Å². The molecule has 22 heavy (non-hydrogen) atoms. The zero-order valence-corrected chi connectivity index (χ0v) is 14.1. The second-order valence-electron chi connectivity index (χ2n) is 7.35. The van der Waals surface area contributed by atoms with Gasteiger partial charge in [0, 0.05) is 30.8 Å². The summed E-state index contributed by atoms with van der Waals surface area (Å²) in [5.41, 5.74) is -0.331. The van der Waals surface area contributed by atoms with Crippen molar-refractivity contribution in [1.29, 1.82) is 0 Å². The molecule has 0 aromatic rings. The Balaban J connectivity index is 1.78. The highest BCUT2D eigenvalue weighted by atomic mass is 32.2. The molecule has 2 fully saturated rings. The molecule has 1 saturated carbocycles. The Morgan fingerprint density at radius 1 is 1.23 bits per heavy atom. The predicted octanol–water partition coefficient (Wildman–Crippen LogP) is 2.99. The van der Waals surface area contributed by atoms with Crippen molar-refractivity contribution in [1.82, 2.24) is 9.79 Å². The van der Waals surface area contributed by atoms with E-state index in [0.717, 1.165) is 0 Å². The SMILES string of the molecule is CC(C)(C)[S+]([O-])NOC(=O)N1CCC2(CC1)CCC(F)(F)C2. The van der Waals surface area contributed by atoms with E-state index in [-0.39, 0.29) is 18.3 Å². The average molecular weight is 338 g/mol. The smallest absolute Gasteiger partial charge is 0.432 e. The molecule has 0 bridgehead atoms. The molecular weight excluding hydrogens is 314 g/mol. The first-order chi connectivity index (χ1) is 10.0. The molecule has 5 nitrogen and oxygen atoms in total. The van der Waals surface area contributed by atoms with Crippen LogP contribution in [0, 0.1) is 5.41 Å². The van der Waals surface area contributed by atoms with Gasteiger partial charge in [-0.15, -0.1) is 0 Å². The third-order valence-electron chi connectivity index (χ3n) is 4.50. The van der Waals surface area contributed by atoms with Crippen LogP contribution >= 0.6 is 0 Å². The van der Waals surface area contributed by atoms with Gasteiger partial charge in [0.15, 0.2) is 0 Å². The van der Waals surface area contributed by atoms with Crippen molar-refractivity contribution in [3.63, 3.8) is 0 Å². The van der Waals surface area contributed by atoms with Crippen LogP contribution in [0.2, 0.25) is 0 Å². The summed E-state index contributed by atoms with van der Waals surface area (Å²) in [4.78, 5) is 20.5. The van der Waals surface area contributed by atoms with Gasteiger partial charge in [0.1, 0.15) is 4.75 Å². The summed E-state index contributed by atoms with van der Waals surface area (Å²) in [5.74, 6) is -2.56. The molecule has 1 amide bonds. The minimum absolute atomic E-state index is 0.0520. The lowest BCUT2D eigenvalue weighted by Crippen LogP contribution is -2.47. The lowest BCUT2D eigenvalue weighted by atomic mass is 9.77. The second kappa shape index (κ2) is 6.13. The first kappa shape index (κ1) is 17.7. The minimum atomic E-state index is -2.56. The van der Waals surface area contributed by atoms with E-state index in [1.54, 1.807) is 20.8 Å². The van der Waals surface area contributed by atoms with E-state index in [0.29, 0.717) is 32.4 Å². The molecule has 8 heteroatoms. The van der Waals surface area contributed by atoms with E-state index >= 15 is 0 Å². The van der Waals surface area contributed by atoms with E-state index < -0.39 is 28.1 Å². The van der Waals surface area contributed by atoms with E-state index in [9.17, 15) is 18.1 Å². The summed E-state index contributed by atoms with van der Waals surface area (Å²) in [6.07, 6.45) is 0.936. The number of piperidine rings is 1. The fourth-order valence-electron chi connectivity index (χ4n) is 3.03. The van der Waals surface area contributed by atoms with Crippen LogP contribution in [0.4, 0.5) is 13.6 Å². The predicted molar refractivity (Wildman–Crippen MR) is 79.6 cm³/mol. The topological polar surface area (TPSA) is 64.6 Å².